The molecule has 104 valence electrons. The Morgan fingerprint density at radius 3 is 2.79 bits per heavy atom. The van der Waals surface area contributed by atoms with Gasteiger partial charge in [0.1, 0.15) is 0 Å². The fourth-order valence-electron chi connectivity index (χ4n) is 3.25. The molecule has 2 nitrogen and oxygen atoms in total. The minimum Gasteiger partial charge on any atom is -0.314 e. The van der Waals surface area contributed by atoms with E-state index < -0.39 is 0 Å². The summed E-state index contributed by atoms with van der Waals surface area (Å²) in [6.45, 7) is 8.33. The van der Waals surface area contributed by atoms with E-state index in [0.29, 0.717) is 6.04 Å². The highest BCUT2D eigenvalue weighted by atomic mass is 15.2. The molecular weight excluding hydrogens is 232 g/mol. The smallest absolute Gasteiger partial charge is 0.0322 e. The molecular formula is C17H26N2. The average Bonchev–Trinajstić information content (AvgIpc) is 3.13. The van der Waals surface area contributed by atoms with Gasteiger partial charge in [0.2, 0.25) is 0 Å². The van der Waals surface area contributed by atoms with Gasteiger partial charge in [-0.15, -0.1) is 0 Å². The van der Waals surface area contributed by atoms with Gasteiger partial charge in [-0.25, -0.2) is 0 Å². The molecule has 0 bridgehead atoms. The van der Waals surface area contributed by atoms with E-state index >= 15 is 0 Å². The first-order valence-corrected chi connectivity index (χ1v) is 7.77. The number of hydrogen-bond donors (Lipinski definition) is 1. The summed E-state index contributed by atoms with van der Waals surface area (Å²) in [5, 5.41) is 3.68. The highest BCUT2D eigenvalue weighted by molar-refractivity contribution is 5.28. The Kier molecular flexibility index (Phi) is 3.90. The summed E-state index contributed by atoms with van der Waals surface area (Å²) in [6.07, 6.45) is 4.15. The Bertz CT molecular complexity index is 425. The van der Waals surface area contributed by atoms with Crippen molar-refractivity contribution in [2.45, 2.75) is 45.2 Å². The van der Waals surface area contributed by atoms with E-state index in [1.54, 1.807) is 0 Å². The molecule has 2 atom stereocenters. The highest BCUT2D eigenvalue weighted by Crippen LogP contribution is 2.29. The van der Waals surface area contributed by atoms with Crippen LogP contribution in [0, 0.1) is 12.8 Å². The molecule has 19 heavy (non-hydrogen) atoms. The molecule has 0 amide bonds. The van der Waals surface area contributed by atoms with E-state index in [-0.39, 0.29) is 0 Å². The van der Waals surface area contributed by atoms with Gasteiger partial charge in [-0.05, 0) is 63.2 Å². The van der Waals surface area contributed by atoms with E-state index in [0.717, 1.165) is 12.0 Å². The highest BCUT2D eigenvalue weighted by Gasteiger charge is 2.29. The molecule has 1 aromatic rings. The van der Waals surface area contributed by atoms with Crippen molar-refractivity contribution in [3.63, 3.8) is 0 Å². The lowest BCUT2D eigenvalue weighted by Gasteiger charge is -2.26. The standard InChI is InChI=1S/C17H26N2/c1-13-5-3-4-6-17(13)14(2)19-10-9-15(12-19)11-18-16-7-8-16/h3-6,14-16,18H,7-12H2,1-2H3. The summed E-state index contributed by atoms with van der Waals surface area (Å²) in [5.41, 5.74) is 2.92. The maximum absolute atomic E-state index is 3.68. The minimum absolute atomic E-state index is 0.562. The molecule has 2 aliphatic rings. The van der Waals surface area contributed by atoms with Crippen LogP contribution in [0.5, 0.6) is 0 Å². The van der Waals surface area contributed by atoms with Crippen LogP contribution in [0.15, 0.2) is 24.3 Å². The summed E-state index contributed by atoms with van der Waals surface area (Å²) < 4.78 is 0. The van der Waals surface area contributed by atoms with Gasteiger partial charge in [-0.2, -0.15) is 0 Å². The van der Waals surface area contributed by atoms with E-state index in [1.807, 2.05) is 0 Å². The lowest BCUT2D eigenvalue weighted by Crippen LogP contribution is -2.29. The molecule has 1 aliphatic carbocycles. The largest absolute Gasteiger partial charge is 0.314 e. The molecule has 0 radical (unpaired) electrons. The summed E-state index contributed by atoms with van der Waals surface area (Å²) in [6, 6.07) is 10.2. The quantitative estimate of drug-likeness (QED) is 0.873. The molecule has 1 aliphatic heterocycles. The second-order valence-electron chi connectivity index (χ2n) is 6.36. The Hall–Kier alpha value is -0.860. The number of nitrogens with one attached hydrogen (secondary N) is 1. The van der Waals surface area contributed by atoms with Gasteiger partial charge < -0.3 is 5.32 Å². The van der Waals surface area contributed by atoms with E-state index in [1.165, 1.54) is 50.0 Å². The van der Waals surface area contributed by atoms with Crippen molar-refractivity contribution < 1.29 is 0 Å². The zero-order valence-electron chi connectivity index (χ0n) is 12.2. The van der Waals surface area contributed by atoms with Gasteiger partial charge in [0.05, 0.1) is 0 Å². The lowest BCUT2D eigenvalue weighted by atomic mass is 10.0. The monoisotopic (exact) mass is 258 g/mol. The van der Waals surface area contributed by atoms with Crippen molar-refractivity contribution in [2.24, 2.45) is 5.92 Å². The topological polar surface area (TPSA) is 15.3 Å². The van der Waals surface area contributed by atoms with Crippen LogP contribution in [-0.2, 0) is 0 Å². The first-order chi connectivity index (χ1) is 9.24. The van der Waals surface area contributed by atoms with Crippen LogP contribution in [0.4, 0.5) is 0 Å². The zero-order chi connectivity index (χ0) is 13.2. The Morgan fingerprint density at radius 2 is 2.05 bits per heavy atom. The third-order valence-corrected chi connectivity index (χ3v) is 4.78. The number of nitrogens with zero attached hydrogens (tertiary/aromatic N) is 1. The van der Waals surface area contributed by atoms with E-state index in [2.05, 4.69) is 48.3 Å². The molecule has 1 saturated heterocycles. The van der Waals surface area contributed by atoms with Crippen LogP contribution in [-0.4, -0.2) is 30.6 Å². The molecule has 2 fully saturated rings. The second kappa shape index (κ2) is 5.64. The van der Waals surface area contributed by atoms with Crippen LogP contribution in [0.3, 0.4) is 0 Å². The summed E-state index contributed by atoms with van der Waals surface area (Å²) in [5.74, 6) is 0.854. The Morgan fingerprint density at radius 1 is 1.26 bits per heavy atom. The average molecular weight is 258 g/mol. The predicted octanol–water partition coefficient (Wildman–Crippen LogP) is 3.13. The summed E-state index contributed by atoms with van der Waals surface area (Å²) >= 11 is 0. The molecule has 2 heteroatoms. The molecule has 2 unspecified atom stereocenters. The Balaban J connectivity index is 1.56. The van der Waals surface area contributed by atoms with Crippen molar-refractivity contribution >= 4 is 0 Å². The van der Waals surface area contributed by atoms with Crippen LogP contribution >= 0.6 is 0 Å². The van der Waals surface area contributed by atoms with Gasteiger partial charge in [0, 0.05) is 18.6 Å². The van der Waals surface area contributed by atoms with Crippen molar-refractivity contribution in [1.82, 2.24) is 10.2 Å². The zero-order valence-corrected chi connectivity index (χ0v) is 12.2. The first kappa shape index (κ1) is 13.1. The summed E-state index contributed by atoms with van der Waals surface area (Å²) in [4.78, 5) is 2.65. The van der Waals surface area contributed by atoms with Crippen LogP contribution in [0.2, 0.25) is 0 Å². The van der Waals surface area contributed by atoms with Crippen LogP contribution in [0.1, 0.15) is 43.4 Å². The predicted molar refractivity (Wildman–Crippen MR) is 80.3 cm³/mol. The normalized spacial score (nSPS) is 25.7. The van der Waals surface area contributed by atoms with E-state index in [9.17, 15) is 0 Å². The van der Waals surface area contributed by atoms with Crippen LogP contribution < -0.4 is 5.32 Å². The van der Waals surface area contributed by atoms with Crippen molar-refractivity contribution in [3.8, 4) is 0 Å². The van der Waals surface area contributed by atoms with Gasteiger partial charge >= 0.3 is 0 Å². The van der Waals surface area contributed by atoms with Crippen LogP contribution in [0.25, 0.3) is 0 Å². The summed E-state index contributed by atoms with van der Waals surface area (Å²) in [7, 11) is 0. The maximum atomic E-state index is 3.68. The van der Waals surface area contributed by atoms with Crippen molar-refractivity contribution in [3.05, 3.63) is 35.4 Å². The molecule has 0 aromatic heterocycles. The molecule has 1 aromatic carbocycles. The second-order valence-corrected chi connectivity index (χ2v) is 6.36. The minimum atomic E-state index is 0.562. The lowest BCUT2D eigenvalue weighted by molar-refractivity contribution is 0.251. The first-order valence-electron chi connectivity index (χ1n) is 7.77. The molecule has 1 heterocycles. The fourth-order valence-corrected chi connectivity index (χ4v) is 3.25. The molecule has 1 N–H and O–H groups in total. The van der Waals surface area contributed by atoms with Gasteiger partial charge in [0.15, 0.2) is 0 Å². The fraction of sp³-hybridized carbons (Fsp3) is 0.647. The number of aryl methyl sites for hydroxylation is 1. The van der Waals surface area contributed by atoms with Crippen molar-refractivity contribution in [2.75, 3.05) is 19.6 Å². The molecule has 1 saturated carbocycles. The number of likely N-dealkylation sites (tertiary alicyclic amines) is 1. The van der Waals surface area contributed by atoms with Crippen molar-refractivity contribution in [1.29, 1.82) is 0 Å². The van der Waals surface area contributed by atoms with Gasteiger partial charge in [0.25, 0.3) is 0 Å². The number of benzene rings is 1. The van der Waals surface area contributed by atoms with E-state index in [4.69, 9.17) is 0 Å². The molecule has 0 spiro atoms. The SMILES string of the molecule is Cc1ccccc1C(C)N1CCC(CNC2CC2)C1. The number of hydrogen-bond acceptors (Lipinski definition) is 2. The number of rotatable bonds is 5. The third-order valence-electron chi connectivity index (χ3n) is 4.78. The third kappa shape index (κ3) is 3.18. The maximum Gasteiger partial charge on any atom is 0.0322 e. The molecule has 3 rings (SSSR count). The van der Waals surface area contributed by atoms with Gasteiger partial charge in [-0.3, -0.25) is 4.90 Å². The van der Waals surface area contributed by atoms with Gasteiger partial charge in [-0.1, -0.05) is 24.3 Å². The Labute approximate surface area is 117 Å².